The van der Waals surface area contributed by atoms with E-state index in [2.05, 4.69) is 18.7 Å². The number of ether oxygens (including phenoxy) is 1. The van der Waals surface area contributed by atoms with Gasteiger partial charge in [0.1, 0.15) is 0 Å². The third-order valence-electron chi connectivity index (χ3n) is 1.96. The van der Waals surface area contributed by atoms with Gasteiger partial charge in [0.05, 0.1) is 13.2 Å². The van der Waals surface area contributed by atoms with Crippen molar-refractivity contribution >= 4 is 11.8 Å². The molecular formula is C9H19NOS. The van der Waals surface area contributed by atoms with Crippen LogP contribution in [0.25, 0.3) is 0 Å². The highest BCUT2D eigenvalue weighted by Gasteiger charge is 2.09. The Labute approximate surface area is 79.6 Å². The molecule has 2 nitrogen and oxygen atoms in total. The summed E-state index contributed by atoms with van der Waals surface area (Å²) in [6.07, 6.45) is 0. The molecule has 0 radical (unpaired) electrons. The molecule has 72 valence electrons. The molecule has 0 N–H and O–H groups in total. The number of nitrogens with zero attached hydrogens (tertiary/aromatic N) is 1. The highest BCUT2D eigenvalue weighted by molar-refractivity contribution is 7.99. The van der Waals surface area contributed by atoms with Crippen molar-refractivity contribution in [2.75, 3.05) is 38.6 Å². The van der Waals surface area contributed by atoms with Gasteiger partial charge in [-0.25, -0.2) is 0 Å². The summed E-state index contributed by atoms with van der Waals surface area (Å²) >= 11 is 2.04. The third kappa shape index (κ3) is 4.33. The molecule has 1 aliphatic rings. The first kappa shape index (κ1) is 10.4. The Morgan fingerprint density at radius 1 is 1.33 bits per heavy atom. The molecule has 1 fully saturated rings. The van der Waals surface area contributed by atoms with Gasteiger partial charge in [-0.15, -0.1) is 0 Å². The number of thioether (sulfide) groups is 1. The lowest BCUT2D eigenvalue weighted by atomic mass is 10.4. The zero-order valence-electron chi connectivity index (χ0n) is 8.08. The molecule has 1 rings (SSSR count). The zero-order chi connectivity index (χ0) is 8.81. The molecule has 0 saturated carbocycles. The fourth-order valence-corrected chi connectivity index (χ4v) is 2.08. The average Bonchev–Trinajstić information content (AvgIpc) is 2.05. The van der Waals surface area contributed by atoms with Crippen LogP contribution in [0.2, 0.25) is 0 Å². The van der Waals surface area contributed by atoms with Crippen molar-refractivity contribution < 1.29 is 4.74 Å². The van der Waals surface area contributed by atoms with E-state index in [9.17, 15) is 0 Å². The molecule has 0 amide bonds. The van der Waals surface area contributed by atoms with Crippen molar-refractivity contribution in [1.82, 2.24) is 4.90 Å². The van der Waals surface area contributed by atoms with Crippen LogP contribution in [-0.4, -0.2) is 48.8 Å². The molecule has 12 heavy (non-hydrogen) atoms. The van der Waals surface area contributed by atoms with Gasteiger partial charge in [-0.2, -0.15) is 11.8 Å². The molecular weight excluding hydrogens is 170 g/mol. The highest BCUT2D eigenvalue weighted by atomic mass is 32.2. The summed E-state index contributed by atoms with van der Waals surface area (Å²) in [7, 11) is 0. The van der Waals surface area contributed by atoms with E-state index in [1.807, 2.05) is 11.8 Å². The fourth-order valence-electron chi connectivity index (χ4n) is 1.24. The van der Waals surface area contributed by atoms with Crippen molar-refractivity contribution in [2.24, 2.45) is 0 Å². The van der Waals surface area contributed by atoms with E-state index in [0.717, 1.165) is 31.6 Å². The lowest BCUT2D eigenvalue weighted by Crippen LogP contribution is -2.37. The van der Waals surface area contributed by atoms with Crippen molar-refractivity contribution in [1.29, 1.82) is 0 Å². The third-order valence-corrected chi connectivity index (χ3v) is 3.05. The van der Waals surface area contributed by atoms with Gasteiger partial charge in [0.15, 0.2) is 0 Å². The molecule has 1 heterocycles. The highest BCUT2D eigenvalue weighted by Crippen LogP contribution is 2.09. The molecule has 3 heteroatoms. The van der Waals surface area contributed by atoms with Gasteiger partial charge in [0.2, 0.25) is 0 Å². The van der Waals surface area contributed by atoms with Gasteiger partial charge < -0.3 is 4.74 Å². The maximum atomic E-state index is 5.28. The minimum absolute atomic E-state index is 0.769. The Morgan fingerprint density at radius 2 is 2.00 bits per heavy atom. The molecule has 0 atom stereocenters. The van der Waals surface area contributed by atoms with Crippen molar-refractivity contribution in [3.05, 3.63) is 0 Å². The first-order chi connectivity index (χ1) is 5.79. The summed E-state index contributed by atoms with van der Waals surface area (Å²) < 4.78 is 5.28. The molecule has 1 aliphatic heterocycles. The Kier molecular flexibility index (Phi) is 5.04. The van der Waals surface area contributed by atoms with Crippen LogP contribution in [0.3, 0.4) is 0 Å². The SMILES string of the molecule is CC(C)SCCN1CCOCC1. The van der Waals surface area contributed by atoms with Gasteiger partial charge in [-0.1, -0.05) is 13.8 Å². The van der Waals surface area contributed by atoms with Crippen LogP contribution in [0, 0.1) is 0 Å². The maximum absolute atomic E-state index is 5.28. The van der Waals surface area contributed by atoms with Crippen LogP contribution >= 0.6 is 11.8 Å². The zero-order valence-corrected chi connectivity index (χ0v) is 8.90. The minimum atomic E-state index is 0.769. The standard InChI is InChI=1S/C9H19NOS/c1-9(2)12-8-5-10-3-6-11-7-4-10/h9H,3-8H2,1-2H3. The Balaban J connectivity index is 1.98. The summed E-state index contributed by atoms with van der Waals surface area (Å²) in [4.78, 5) is 2.48. The second-order valence-corrected chi connectivity index (χ2v) is 5.06. The second kappa shape index (κ2) is 5.84. The molecule has 1 saturated heterocycles. The van der Waals surface area contributed by atoms with Crippen LogP contribution in [0.4, 0.5) is 0 Å². The molecule has 0 spiro atoms. The van der Waals surface area contributed by atoms with Crippen LogP contribution < -0.4 is 0 Å². The molecule has 0 aromatic rings. The van der Waals surface area contributed by atoms with Crippen molar-refractivity contribution in [3.8, 4) is 0 Å². The fraction of sp³-hybridized carbons (Fsp3) is 1.00. The molecule has 0 aliphatic carbocycles. The molecule has 0 aromatic carbocycles. The summed E-state index contributed by atoms with van der Waals surface area (Å²) in [5.74, 6) is 1.26. The predicted molar refractivity (Wildman–Crippen MR) is 54.9 cm³/mol. The average molecular weight is 189 g/mol. The predicted octanol–water partition coefficient (Wildman–Crippen LogP) is 1.46. The van der Waals surface area contributed by atoms with E-state index in [4.69, 9.17) is 4.74 Å². The minimum Gasteiger partial charge on any atom is -0.379 e. The van der Waals surface area contributed by atoms with E-state index in [0.29, 0.717) is 0 Å². The number of morpholine rings is 1. The number of hydrogen-bond donors (Lipinski definition) is 0. The van der Waals surface area contributed by atoms with E-state index in [1.165, 1.54) is 12.3 Å². The first-order valence-corrected chi connectivity index (χ1v) is 5.75. The van der Waals surface area contributed by atoms with Crippen molar-refractivity contribution in [2.45, 2.75) is 19.1 Å². The van der Waals surface area contributed by atoms with Gasteiger partial charge in [0.25, 0.3) is 0 Å². The van der Waals surface area contributed by atoms with Gasteiger partial charge in [-0.05, 0) is 5.25 Å². The monoisotopic (exact) mass is 189 g/mol. The maximum Gasteiger partial charge on any atom is 0.0594 e. The first-order valence-electron chi connectivity index (χ1n) is 4.71. The summed E-state index contributed by atoms with van der Waals surface area (Å²) in [6.45, 7) is 9.83. The van der Waals surface area contributed by atoms with E-state index in [1.54, 1.807) is 0 Å². The summed E-state index contributed by atoms with van der Waals surface area (Å²) in [5, 5.41) is 0.769. The number of hydrogen-bond acceptors (Lipinski definition) is 3. The van der Waals surface area contributed by atoms with Gasteiger partial charge in [0, 0.05) is 25.4 Å². The van der Waals surface area contributed by atoms with E-state index >= 15 is 0 Å². The second-order valence-electron chi connectivity index (χ2n) is 3.37. The quantitative estimate of drug-likeness (QED) is 0.664. The molecule has 0 unspecified atom stereocenters. The molecule has 0 bridgehead atoms. The van der Waals surface area contributed by atoms with Crippen LogP contribution in [-0.2, 0) is 4.74 Å². The normalized spacial score (nSPS) is 20.2. The van der Waals surface area contributed by atoms with E-state index in [-0.39, 0.29) is 0 Å². The van der Waals surface area contributed by atoms with Gasteiger partial charge >= 0.3 is 0 Å². The van der Waals surface area contributed by atoms with Crippen LogP contribution in [0.15, 0.2) is 0 Å². The van der Waals surface area contributed by atoms with Crippen LogP contribution in [0.1, 0.15) is 13.8 Å². The van der Waals surface area contributed by atoms with Crippen LogP contribution in [0.5, 0.6) is 0 Å². The van der Waals surface area contributed by atoms with E-state index < -0.39 is 0 Å². The summed E-state index contributed by atoms with van der Waals surface area (Å²) in [6, 6.07) is 0. The van der Waals surface area contributed by atoms with Crippen molar-refractivity contribution in [3.63, 3.8) is 0 Å². The smallest absolute Gasteiger partial charge is 0.0594 e. The molecule has 0 aromatic heterocycles. The Hall–Kier alpha value is 0.270. The topological polar surface area (TPSA) is 12.5 Å². The largest absolute Gasteiger partial charge is 0.379 e. The Morgan fingerprint density at radius 3 is 2.58 bits per heavy atom. The number of rotatable bonds is 4. The lowest BCUT2D eigenvalue weighted by molar-refractivity contribution is 0.0410. The Bertz CT molecular complexity index is 113. The summed E-state index contributed by atoms with van der Waals surface area (Å²) in [5.41, 5.74) is 0. The van der Waals surface area contributed by atoms with Gasteiger partial charge in [-0.3, -0.25) is 4.90 Å². The lowest BCUT2D eigenvalue weighted by Gasteiger charge is -2.26.